The van der Waals surface area contributed by atoms with Gasteiger partial charge in [-0.3, -0.25) is 4.79 Å². The standard InChI is InChI=1S/C14H23NO3/c1-2-10-5-7-11(8-6-10)13(16)15-9-3-4-12(15)14(17)18/h10-12H,2-9H2,1H3,(H,17,18)/t10?,11?,12-/m1/s1. The number of nitrogens with zero attached hydrogens (tertiary/aromatic N) is 1. The lowest BCUT2D eigenvalue weighted by atomic mass is 9.80. The number of carbonyl (C=O) groups is 2. The van der Waals surface area contributed by atoms with Gasteiger partial charge in [0.2, 0.25) is 5.91 Å². The fourth-order valence-electron chi connectivity index (χ4n) is 3.34. The van der Waals surface area contributed by atoms with Crippen LogP contribution in [-0.4, -0.2) is 34.5 Å². The smallest absolute Gasteiger partial charge is 0.326 e. The molecule has 1 aliphatic heterocycles. The molecule has 0 bridgehead atoms. The lowest BCUT2D eigenvalue weighted by Crippen LogP contribution is -2.44. The molecule has 0 unspecified atom stereocenters. The molecule has 1 saturated heterocycles. The van der Waals surface area contributed by atoms with Gasteiger partial charge in [0.05, 0.1) is 0 Å². The van der Waals surface area contributed by atoms with Gasteiger partial charge in [-0.25, -0.2) is 4.79 Å². The molecule has 1 N–H and O–H groups in total. The number of amides is 1. The SMILES string of the molecule is CCC1CCC(C(=O)N2CCC[C@@H]2C(=O)O)CC1. The predicted octanol–water partition coefficient (Wildman–Crippen LogP) is 2.28. The van der Waals surface area contributed by atoms with Gasteiger partial charge < -0.3 is 10.0 Å². The number of carboxylic acid groups (broad SMARTS) is 1. The molecule has 2 fully saturated rings. The molecule has 2 rings (SSSR count). The summed E-state index contributed by atoms with van der Waals surface area (Å²) >= 11 is 0. The molecule has 1 amide bonds. The molecule has 4 nitrogen and oxygen atoms in total. The number of aliphatic carboxylic acids is 1. The average Bonchev–Trinajstić information content (AvgIpc) is 2.87. The minimum absolute atomic E-state index is 0.0766. The van der Waals surface area contributed by atoms with E-state index in [9.17, 15) is 9.59 Å². The summed E-state index contributed by atoms with van der Waals surface area (Å²) < 4.78 is 0. The van der Waals surface area contributed by atoms with Crippen molar-refractivity contribution in [2.45, 2.75) is 57.9 Å². The van der Waals surface area contributed by atoms with E-state index < -0.39 is 12.0 Å². The fraction of sp³-hybridized carbons (Fsp3) is 0.857. The first-order valence-corrected chi connectivity index (χ1v) is 7.16. The largest absolute Gasteiger partial charge is 0.480 e. The minimum Gasteiger partial charge on any atom is -0.480 e. The van der Waals surface area contributed by atoms with E-state index >= 15 is 0 Å². The lowest BCUT2D eigenvalue weighted by molar-refractivity contribution is -0.150. The Bertz CT molecular complexity index is 321. The molecule has 18 heavy (non-hydrogen) atoms. The average molecular weight is 253 g/mol. The molecule has 1 atom stereocenters. The van der Waals surface area contributed by atoms with Crippen LogP contribution >= 0.6 is 0 Å². The van der Waals surface area contributed by atoms with Crippen molar-refractivity contribution >= 4 is 11.9 Å². The molecule has 102 valence electrons. The minimum atomic E-state index is -0.844. The van der Waals surface area contributed by atoms with Gasteiger partial charge in [0, 0.05) is 12.5 Å². The van der Waals surface area contributed by atoms with Crippen LogP contribution in [0, 0.1) is 11.8 Å². The monoisotopic (exact) mass is 253 g/mol. The van der Waals surface area contributed by atoms with E-state index in [4.69, 9.17) is 5.11 Å². The Kier molecular flexibility index (Phi) is 4.25. The van der Waals surface area contributed by atoms with Crippen molar-refractivity contribution in [3.05, 3.63) is 0 Å². The molecule has 0 radical (unpaired) electrons. The Labute approximate surface area is 108 Å². The summed E-state index contributed by atoms with van der Waals surface area (Å²) in [7, 11) is 0. The van der Waals surface area contributed by atoms with Gasteiger partial charge >= 0.3 is 5.97 Å². The highest BCUT2D eigenvalue weighted by atomic mass is 16.4. The van der Waals surface area contributed by atoms with Gasteiger partial charge in [-0.1, -0.05) is 13.3 Å². The van der Waals surface area contributed by atoms with Crippen molar-refractivity contribution in [2.75, 3.05) is 6.54 Å². The molecular weight excluding hydrogens is 230 g/mol. The highest BCUT2D eigenvalue weighted by molar-refractivity contribution is 5.85. The van der Waals surface area contributed by atoms with Gasteiger partial charge in [0.1, 0.15) is 6.04 Å². The quantitative estimate of drug-likeness (QED) is 0.839. The molecular formula is C14H23NO3. The topological polar surface area (TPSA) is 57.6 Å². The Morgan fingerprint density at radius 2 is 1.83 bits per heavy atom. The van der Waals surface area contributed by atoms with Crippen LogP contribution in [0.1, 0.15) is 51.9 Å². The maximum atomic E-state index is 12.4. The summed E-state index contributed by atoms with van der Waals surface area (Å²) in [5, 5.41) is 9.12. The van der Waals surface area contributed by atoms with Crippen molar-refractivity contribution in [1.82, 2.24) is 4.90 Å². The van der Waals surface area contributed by atoms with Crippen molar-refractivity contribution in [1.29, 1.82) is 0 Å². The summed E-state index contributed by atoms with van der Waals surface area (Å²) in [6.07, 6.45) is 6.78. The van der Waals surface area contributed by atoms with E-state index in [-0.39, 0.29) is 11.8 Å². The van der Waals surface area contributed by atoms with Crippen molar-refractivity contribution in [2.24, 2.45) is 11.8 Å². The maximum absolute atomic E-state index is 12.4. The summed E-state index contributed by atoms with van der Waals surface area (Å²) in [4.78, 5) is 25.1. The second-order valence-electron chi connectivity index (χ2n) is 5.65. The number of hydrogen-bond acceptors (Lipinski definition) is 2. The van der Waals surface area contributed by atoms with Gasteiger partial charge in [0.25, 0.3) is 0 Å². The Balaban J connectivity index is 1.93. The highest BCUT2D eigenvalue weighted by Gasteiger charge is 2.37. The van der Waals surface area contributed by atoms with E-state index in [2.05, 4.69) is 6.92 Å². The van der Waals surface area contributed by atoms with E-state index in [0.29, 0.717) is 13.0 Å². The van der Waals surface area contributed by atoms with Crippen molar-refractivity contribution < 1.29 is 14.7 Å². The first-order valence-electron chi connectivity index (χ1n) is 7.16. The first-order chi connectivity index (χ1) is 8.63. The fourth-order valence-corrected chi connectivity index (χ4v) is 3.34. The second kappa shape index (κ2) is 5.72. The van der Waals surface area contributed by atoms with Crippen LogP contribution in [0.4, 0.5) is 0 Å². The second-order valence-corrected chi connectivity index (χ2v) is 5.65. The number of hydrogen-bond donors (Lipinski definition) is 1. The van der Waals surface area contributed by atoms with Crippen molar-refractivity contribution in [3.8, 4) is 0 Å². The van der Waals surface area contributed by atoms with Crippen LogP contribution in [-0.2, 0) is 9.59 Å². The van der Waals surface area contributed by atoms with E-state index in [1.54, 1.807) is 4.90 Å². The molecule has 2 aliphatic rings. The third-order valence-electron chi connectivity index (χ3n) is 4.59. The van der Waals surface area contributed by atoms with E-state index in [1.807, 2.05) is 0 Å². The lowest BCUT2D eigenvalue weighted by Gasteiger charge is -2.31. The van der Waals surface area contributed by atoms with Gasteiger partial charge in [-0.2, -0.15) is 0 Å². The summed E-state index contributed by atoms with van der Waals surface area (Å²) in [6, 6.07) is -0.568. The zero-order valence-electron chi connectivity index (χ0n) is 11.1. The van der Waals surface area contributed by atoms with Crippen LogP contribution in [0.5, 0.6) is 0 Å². The predicted molar refractivity (Wildman–Crippen MR) is 68.1 cm³/mol. The van der Waals surface area contributed by atoms with Crippen LogP contribution < -0.4 is 0 Å². The number of carboxylic acids is 1. The number of carbonyl (C=O) groups excluding carboxylic acids is 1. The van der Waals surface area contributed by atoms with Crippen molar-refractivity contribution in [3.63, 3.8) is 0 Å². The van der Waals surface area contributed by atoms with Crippen LogP contribution in [0.2, 0.25) is 0 Å². The van der Waals surface area contributed by atoms with Crippen LogP contribution in [0.25, 0.3) is 0 Å². The molecule has 4 heteroatoms. The zero-order chi connectivity index (χ0) is 13.1. The zero-order valence-corrected chi connectivity index (χ0v) is 11.1. The first kappa shape index (κ1) is 13.4. The third-order valence-corrected chi connectivity index (χ3v) is 4.59. The number of rotatable bonds is 3. The van der Waals surface area contributed by atoms with Crippen LogP contribution in [0.15, 0.2) is 0 Å². The van der Waals surface area contributed by atoms with E-state index in [1.165, 1.54) is 6.42 Å². The molecule has 1 heterocycles. The molecule has 1 saturated carbocycles. The normalized spacial score (nSPS) is 32.5. The highest BCUT2D eigenvalue weighted by Crippen LogP contribution is 2.33. The molecule has 0 aromatic carbocycles. The van der Waals surface area contributed by atoms with Gasteiger partial charge in [-0.05, 0) is 44.4 Å². The summed E-state index contributed by atoms with van der Waals surface area (Å²) in [6.45, 7) is 2.83. The third kappa shape index (κ3) is 2.68. The summed E-state index contributed by atoms with van der Waals surface area (Å²) in [5.41, 5.74) is 0. The van der Waals surface area contributed by atoms with Gasteiger partial charge in [0.15, 0.2) is 0 Å². The Morgan fingerprint density at radius 1 is 1.17 bits per heavy atom. The van der Waals surface area contributed by atoms with E-state index in [0.717, 1.165) is 38.0 Å². The molecule has 0 aromatic rings. The van der Waals surface area contributed by atoms with Gasteiger partial charge in [-0.15, -0.1) is 0 Å². The molecule has 1 aliphatic carbocycles. The van der Waals surface area contributed by atoms with Crippen LogP contribution in [0.3, 0.4) is 0 Å². The maximum Gasteiger partial charge on any atom is 0.326 e. The Morgan fingerprint density at radius 3 is 2.39 bits per heavy atom. The molecule has 0 spiro atoms. The Hall–Kier alpha value is -1.06. The summed E-state index contributed by atoms with van der Waals surface area (Å²) in [5.74, 6) is 0.0909. The number of likely N-dealkylation sites (tertiary alicyclic amines) is 1. The molecule has 0 aromatic heterocycles.